The van der Waals surface area contributed by atoms with Gasteiger partial charge in [0.1, 0.15) is 41.4 Å². The Bertz CT molecular complexity index is 1590. The zero-order chi connectivity index (χ0) is 43.3. The Kier molecular flexibility index (Phi) is 16.4. The molecular formula is C52H82N3O6+. The van der Waals surface area contributed by atoms with Crippen molar-refractivity contribution in [3.63, 3.8) is 0 Å². The summed E-state index contributed by atoms with van der Waals surface area (Å²) in [4.78, 5) is 34.0. The molecule has 0 spiro atoms. The van der Waals surface area contributed by atoms with Gasteiger partial charge in [0.25, 0.3) is 0 Å². The Labute approximate surface area is 368 Å². The van der Waals surface area contributed by atoms with Crippen LogP contribution in [-0.2, 0) is 14.3 Å². The average Bonchev–Trinajstić information content (AvgIpc) is 3.71. The van der Waals surface area contributed by atoms with Crippen molar-refractivity contribution in [3.8, 4) is 11.8 Å². The first-order valence-electron chi connectivity index (χ1n) is 25.3. The van der Waals surface area contributed by atoms with E-state index >= 15 is 0 Å². The van der Waals surface area contributed by atoms with Gasteiger partial charge in [-0.25, -0.2) is 0 Å². The highest BCUT2D eigenvalue weighted by Crippen LogP contribution is 2.54. The molecule has 9 heteroatoms. The van der Waals surface area contributed by atoms with Crippen molar-refractivity contribution in [1.82, 2.24) is 0 Å². The molecule has 4 saturated carbocycles. The van der Waals surface area contributed by atoms with Crippen LogP contribution in [0.5, 0.6) is 0 Å². The fourth-order valence-corrected chi connectivity index (χ4v) is 14.1. The Hall–Kier alpha value is -2.06. The van der Waals surface area contributed by atoms with Crippen molar-refractivity contribution in [1.29, 1.82) is 0 Å². The van der Waals surface area contributed by atoms with E-state index in [-0.39, 0.29) is 60.1 Å². The minimum absolute atomic E-state index is 0.00365. The lowest BCUT2D eigenvalue weighted by molar-refractivity contribution is -0.699. The number of carbonyl (C=O) groups excluding carboxylic acids is 2. The molecule has 61 heavy (non-hydrogen) atoms. The number of aliphatic imine (C=N–C) groups is 1. The van der Waals surface area contributed by atoms with E-state index in [2.05, 4.69) is 44.0 Å². The van der Waals surface area contributed by atoms with Gasteiger partial charge in [0.2, 0.25) is 0 Å². The summed E-state index contributed by atoms with van der Waals surface area (Å²) < 4.78 is 5.76. The third-order valence-electron chi connectivity index (χ3n) is 17.5. The van der Waals surface area contributed by atoms with Gasteiger partial charge in [0, 0.05) is 43.6 Å². The van der Waals surface area contributed by atoms with Crippen LogP contribution in [0.3, 0.4) is 0 Å². The highest BCUT2D eigenvalue weighted by molar-refractivity contribution is 6.05. The predicted molar refractivity (Wildman–Crippen MR) is 238 cm³/mol. The Balaban J connectivity index is 1.30. The Morgan fingerprint density at radius 2 is 1.72 bits per heavy atom. The molecule has 5 fully saturated rings. The minimum atomic E-state index is -1.93. The number of nitrogens with zero attached hydrogens (tertiary/aromatic N) is 1. The van der Waals surface area contributed by atoms with E-state index in [0.29, 0.717) is 43.4 Å². The summed E-state index contributed by atoms with van der Waals surface area (Å²) in [5.74, 6) is 8.65. The topological polar surface area (TPSA) is 162 Å². The number of aliphatic hydroxyl groups is 2. The molecule has 340 valence electrons. The van der Waals surface area contributed by atoms with E-state index in [4.69, 9.17) is 15.5 Å². The summed E-state index contributed by atoms with van der Waals surface area (Å²) >= 11 is 0. The Morgan fingerprint density at radius 3 is 2.41 bits per heavy atom. The molecule has 0 aromatic rings. The molecule has 0 amide bonds. The van der Waals surface area contributed by atoms with Gasteiger partial charge in [-0.3, -0.25) is 5.73 Å². The van der Waals surface area contributed by atoms with Crippen LogP contribution >= 0.6 is 0 Å². The number of nitrogens with two attached hydrogens (primary N) is 2. The molecule has 14 atom stereocenters. The number of hydrogen-bond donors (Lipinski definition) is 4. The largest absolute Gasteiger partial charge is 0.841 e. The van der Waals surface area contributed by atoms with Crippen LogP contribution in [0.15, 0.2) is 16.8 Å². The van der Waals surface area contributed by atoms with E-state index in [0.717, 1.165) is 102 Å². The maximum Gasteiger partial charge on any atom is 0.183 e. The molecule has 0 radical (unpaired) electrons. The molecular weight excluding hydrogens is 763 g/mol. The molecule has 6 N–H and O–H groups in total. The molecule has 2 aliphatic heterocycles. The molecule has 0 aromatic heterocycles. The standard InChI is InChI=1S/C52H81N3O6/c1-5-12-41(51(60)52(20-10-7-11-21-52)47-29-39(31-55-47)32(2)3)38-25-34(23-33-19-22-54-48(53)26-33)24-36-15-17-40(35-13-8-6-9-14-35)42-30-45(57)46(61-4)28-37(42)16-18-44(56)50(59)49(58)43(36)27-38/h29,31-38,40-43,45-46,48,50-51,54,57,60H,5-14,16,18-28,30,53H2,1-4H3/p+1. The summed E-state index contributed by atoms with van der Waals surface area (Å²) in [6.07, 6.45) is 20.4. The summed E-state index contributed by atoms with van der Waals surface area (Å²) in [5, 5.41) is 41.1. The van der Waals surface area contributed by atoms with Crippen molar-refractivity contribution >= 4 is 17.8 Å². The van der Waals surface area contributed by atoms with Gasteiger partial charge in [-0.05, 0) is 145 Å². The normalized spacial score (nSPS) is 38.8. The number of methoxy groups -OCH3 is 1. The van der Waals surface area contributed by atoms with E-state index in [9.17, 15) is 24.9 Å². The molecule has 9 nitrogen and oxygen atoms in total. The number of ether oxygens (including phenoxy) is 1. The number of Topliss-reactive ketones (excluding diaryl/α,β-unsaturated/α-hetero) is 2. The summed E-state index contributed by atoms with van der Waals surface area (Å²) in [6.45, 7) is 7.62. The van der Waals surface area contributed by atoms with Crippen molar-refractivity contribution in [2.24, 2.45) is 81.2 Å². The number of allylic oxidation sites excluding steroid dienone is 1. The second-order valence-corrected chi connectivity index (χ2v) is 21.7. The van der Waals surface area contributed by atoms with E-state index in [1.54, 1.807) is 7.11 Å². The number of rotatable bonds is 11. The maximum absolute atomic E-state index is 14.9. The summed E-state index contributed by atoms with van der Waals surface area (Å²) in [7, 11) is 1.65. The van der Waals surface area contributed by atoms with Crippen LogP contribution in [-0.4, -0.2) is 72.2 Å². The fourth-order valence-electron chi connectivity index (χ4n) is 14.1. The lowest BCUT2D eigenvalue weighted by Gasteiger charge is -2.44. The first-order valence-corrected chi connectivity index (χ1v) is 25.3. The van der Waals surface area contributed by atoms with Crippen LogP contribution in [0.4, 0.5) is 0 Å². The number of piperidine rings is 1. The smallest absolute Gasteiger partial charge is 0.183 e. The van der Waals surface area contributed by atoms with Gasteiger partial charge in [0.05, 0.1) is 24.9 Å². The number of hydrogen-bond acceptors (Lipinski definition) is 8. The van der Waals surface area contributed by atoms with Crippen LogP contribution in [0, 0.1) is 88.3 Å². The van der Waals surface area contributed by atoms with Gasteiger partial charge < -0.3 is 35.0 Å². The summed E-state index contributed by atoms with van der Waals surface area (Å²) in [6, 6.07) is 0. The lowest BCUT2D eigenvalue weighted by atomic mass is 9.61. The highest BCUT2D eigenvalue weighted by atomic mass is 16.5. The van der Waals surface area contributed by atoms with Gasteiger partial charge in [-0.1, -0.05) is 63.7 Å². The lowest BCUT2D eigenvalue weighted by Crippen LogP contribution is -2.94. The number of fused-ring (bicyclic) bond motifs is 2. The minimum Gasteiger partial charge on any atom is -0.841 e. The van der Waals surface area contributed by atoms with E-state index in [1.807, 2.05) is 6.21 Å². The van der Waals surface area contributed by atoms with Gasteiger partial charge in [-0.15, -0.1) is 4.99 Å². The second kappa shape index (κ2) is 21.3. The highest BCUT2D eigenvalue weighted by Gasteiger charge is 2.54. The molecule has 0 bridgehead atoms. The number of aliphatic hydroxyl groups excluding tert-OH is 2. The number of quaternary nitrogens is 1. The van der Waals surface area contributed by atoms with E-state index in [1.165, 1.54) is 25.2 Å². The number of ketones is 2. The summed E-state index contributed by atoms with van der Waals surface area (Å²) in [5.41, 5.74) is 7.12. The second-order valence-electron chi connectivity index (χ2n) is 21.7. The quantitative estimate of drug-likeness (QED) is 0.105. The van der Waals surface area contributed by atoms with E-state index < -0.39 is 41.2 Å². The molecule has 0 aromatic carbocycles. The zero-order valence-electron chi connectivity index (χ0n) is 38.3. The number of carbonyl (C=O) groups is 2. The van der Waals surface area contributed by atoms with Crippen molar-refractivity contribution in [3.05, 3.63) is 17.7 Å². The monoisotopic (exact) mass is 845 g/mol. The third-order valence-corrected chi connectivity index (χ3v) is 17.5. The third kappa shape index (κ3) is 10.7. The van der Waals surface area contributed by atoms with Crippen molar-refractivity contribution in [2.45, 2.75) is 193 Å². The average molecular weight is 845 g/mol. The molecule has 7 rings (SSSR count). The molecule has 14 unspecified atom stereocenters. The van der Waals surface area contributed by atoms with Crippen molar-refractivity contribution < 1.29 is 35.0 Å². The van der Waals surface area contributed by atoms with Crippen molar-refractivity contribution in [2.75, 3.05) is 13.7 Å². The predicted octanol–water partition coefficient (Wildman–Crippen LogP) is 6.47. The SMILES string of the molecule is CCCC(C1CC(CC2CC[NH2+]C(N)C2)CC2C#CC(C3CCCCC3)C3CC(O)C(OC)CC3CCC(=O)C([O-])C(=O)C2C1)C(O)C1(C2=C[C+](C(C)C)C=N2)CCCCC1. The van der Waals surface area contributed by atoms with Crippen LogP contribution in [0.1, 0.15) is 162 Å². The maximum atomic E-state index is 14.9. The van der Waals surface area contributed by atoms with Crippen LogP contribution in [0.25, 0.3) is 0 Å². The molecule has 7 aliphatic rings. The van der Waals surface area contributed by atoms with Gasteiger partial charge in [-0.2, -0.15) is 0 Å². The van der Waals surface area contributed by atoms with Crippen LogP contribution in [0.2, 0.25) is 0 Å². The Morgan fingerprint density at radius 1 is 0.967 bits per heavy atom. The molecule has 5 aliphatic carbocycles. The molecule has 2 heterocycles. The van der Waals surface area contributed by atoms with Crippen LogP contribution < -0.4 is 16.2 Å². The fraction of sp³-hybridized carbons (Fsp3) is 0.846. The van der Waals surface area contributed by atoms with Gasteiger partial charge >= 0.3 is 0 Å². The molecule has 1 saturated heterocycles. The first-order chi connectivity index (χ1) is 29.4. The van der Waals surface area contributed by atoms with Gasteiger partial charge in [0.15, 0.2) is 5.70 Å². The zero-order valence-corrected chi connectivity index (χ0v) is 38.3. The first kappa shape index (κ1) is 46.9.